The summed E-state index contributed by atoms with van der Waals surface area (Å²) < 4.78 is 38.8. The predicted octanol–water partition coefficient (Wildman–Crippen LogP) is 3.56. The molecule has 2 heterocycles. The first-order valence-electron chi connectivity index (χ1n) is 10.4. The quantitative estimate of drug-likeness (QED) is 0.606. The van der Waals surface area contributed by atoms with Crippen LogP contribution >= 0.6 is 0 Å². The molecule has 30 heavy (non-hydrogen) atoms. The Morgan fingerprint density at radius 2 is 2.13 bits per heavy atom. The van der Waals surface area contributed by atoms with Gasteiger partial charge in [0.2, 0.25) is 5.91 Å². The van der Waals surface area contributed by atoms with Crippen molar-refractivity contribution in [3.63, 3.8) is 0 Å². The molecule has 1 saturated heterocycles. The molecule has 3 rings (SSSR count). The van der Waals surface area contributed by atoms with E-state index in [2.05, 4.69) is 15.2 Å². The smallest absolute Gasteiger partial charge is 0.381 e. The second-order valence-electron chi connectivity index (χ2n) is 8.42. The van der Waals surface area contributed by atoms with E-state index in [4.69, 9.17) is 0 Å². The highest BCUT2D eigenvalue weighted by Crippen LogP contribution is 2.34. The van der Waals surface area contributed by atoms with Crippen molar-refractivity contribution in [2.75, 3.05) is 20.1 Å². The second kappa shape index (κ2) is 8.98. The number of aliphatic hydroxyl groups is 1. The van der Waals surface area contributed by atoms with E-state index in [9.17, 15) is 23.1 Å². The Balaban J connectivity index is 1.69. The van der Waals surface area contributed by atoms with Gasteiger partial charge in [0.15, 0.2) is 5.60 Å². The zero-order chi connectivity index (χ0) is 21.9. The van der Waals surface area contributed by atoms with Crippen molar-refractivity contribution < 1.29 is 23.1 Å². The summed E-state index contributed by atoms with van der Waals surface area (Å²) in [5.74, 6) is 0.0344. The Morgan fingerprint density at radius 1 is 1.37 bits per heavy atom. The number of aromatic nitrogens is 1. The molecule has 1 aromatic carbocycles. The van der Waals surface area contributed by atoms with Crippen molar-refractivity contribution in [2.45, 2.75) is 63.3 Å². The maximum atomic E-state index is 12.9. The Morgan fingerprint density at radius 3 is 2.83 bits per heavy atom. The summed E-state index contributed by atoms with van der Waals surface area (Å²) in [6.45, 7) is 2.52. The van der Waals surface area contributed by atoms with E-state index in [-0.39, 0.29) is 18.7 Å². The summed E-state index contributed by atoms with van der Waals surface area (Å²) in [4.78, 5) is 17.2. The molecule has 3 N–H and O–H groups in total. The van der Waals surface area contributed by atoms with E-state index < -0.39 is 11.8 Å². The fourth-order valence-corrected chi connectivity index (χ4v) is 4.12. The Hall–Kier alpha value is -2.06. The molecular weight excluding hydrogens is 395 g/mol. The van der Waals surface area contributed by atoms with Crippen LogP contribution in [-0.4, -0.2) is 58.9 Å². The number of fused-ring (bicyclic) bond motifs is 1. The van der Waals surface area contributed by atoms with Crippen LogP contribution in [0.25, 0.3) is 10.9 Å². The SMILES string of the molecule is CNC(=O)CCN1CCC[C@@H]1Cc1c[nH]c2ccc(CCC(C)(O)C(F)(F)F)cc12. The lowest BCUT2D eigenvalue weighted by Gasteiger charge is -2.26. The van der Waals surface area contributed by atoms with Gasteiger partial charge in [-0.1, -0.05) is 6.07 Å². The van der Waals surface area contributed by atoms with Crippen LogP contribution in [0.5, 0.6) is 0 Å². The van der Waals surface area contributed by atoms with Crippen LogP contribution in [0.2, 0.25) is 0 Å². The molecule has 1 unspecified atom stereocenters. The van der Waals surface area contributed by atoms with Crippen LogP contribution in [0.4, 0.5) is 13.2 Å². The van der Waals surface area contributed by atoms with E-state index in [1.54, 1.807) is 13.1 Å². The van der Waals surface area contributed by atoms with Crippen LogP contribution in [0, 0.1) is 0 Å². The summed E-state index contributed by atoms with van der Waals surface area (Å²) in [6.07, 6.45) is 0.563. The monoisotopic (exact) mass is 425 g/mol. The van der Waals surface area contributed by atoms with Crippen LogP contribution in [0.15, 0.2) is 24.4 Å². The number of nitrogens with one attached hydrogen (secondary N) is 2. The molecule has 2 atom stereocenters. The normalized spacial score (nSPS) is 19.9. The maximum absolute atomic E-state index is 12.9. The molecule has 0 bridgehead atoms. The topological polar surface area (TPSA) is 68.4 Å². The summed E-state index contributed by atoms with van der Waals surface area (Å²) in [5.41, 5.74) is 0.159. The minimum atomic E-state index is -4.64. The lowest BCUT2D eigenvalue weighted by atomic mass is 9.95. The first-order chi connectivity index (χ1) is 14.1. The van der Waals surface area contributed by atoms with Crippen molar-refractivity contribution in [2.24, 2.45) is 0 Å². The number of alkyl halides is 3. The van der Waals surface area contributed by atoms with Gasteiger partial charge in [-0.15, -0.1) is 0 Å². The van der Waals surface area contributed by atoms with E-state index in [1.807, 2.05) is 18.3 Å². The fourth-order valence-electron chi connectivity index (χ4n) is 4.12. The number of rotatable bonds is 8. The van der Waals surface area contributed by atoms with Gasteiger partial charge in [0.1, 0.15) is 0 Å². The van der Waals surface area contributed by atoms with Crippen LogP contribution in [-0.2, 0) is 17.6 Å². The maximum Gasteiger partial charge on any atom is 0.416 e. The largest absolute Gasteiger partial charge is 0.416 e. The highest BCUT2D eigenvalue weighted by Gasteiger charge is 2.49. The first kappa shape index (κ1) is 22.6. The number of halogens is 3. The standard InChI is InChI=1S/C22H30F3N3O2/c1-21(30,22(23,24)25)9-7-15-5-6-19-18(12-15)16(14-27-19)13-17-4-3-10-28(17)11-8-20(29)26-2/h5-6,12,14,17,27,30H,3-4,7-11,13H2,1-2H3,(H,26,29)/t17-,21?/m1/s1. The van der Waals surface area contributed by atoms with E-state index in [1.165, 1.54) is 0 Å². The molecule has 1 fully saturated rings. The molecule has 1 amide bonds. The van der Waals surface area contributed by atoms with Gasteiger partial charge in [-0.25, -0.2) is 0 Å². The number of hydrogen-bond acceptors (Lipinski definition) is 3. The highest BCUT2D eigenvalue weighted by molar-refractivity contribution is 5.84. The zero-order valence-electron chi connectivity index (χ0n) is 17.5. The molecule has 1 aliphatic rings. The third kappa shape index (κ3) is 5.16. The Kier molecular flexibility index (Phi) is 6.77. The molecule has 1 aromatic heterocycles. The van der Waals surface area contributed by atoms with Crippen LogP contribution < -0.4 is 5.32 Å². The molecule has 8 heteroatoms. The molecule has 166 valence electrons. The number of carbonyl (C=O) groups excluding carboxylic acids is 1. The molecular formula is C22H30F3N3O2. The average molecular weight is 425 g/mol. The van der Waals surface area contributed by atoms with Gasteiger partial charge in [-0.3, -0.25) is 9.69 Å². The highest BCUT2D eigenvalue weighted by atomic mass is 19.4. The zero-order valence-corrected chi connectivity index (χ0v) is 17.5. The molecule has 0 spiro atoms. The summed E-state index contributed by atoms with van der Waals surface area (Å²) >= 11 is 0. The lowest BCUT2D eigenvalue weighted by Crippen LogP contribution is -2.42. The summed E-state index contributed by atoms with van der Waals surface area (Å²) in [7, 11) is 1.64. The second-order valence-corrected chi connectivity index (χ2v) is 8.42. The van der Waals surface area contributed by atoms with Crippen LogP contribution in [0.3, 0.4) is 0 Å². The molecule has 5 nitrogen and oxygen atoms in total. The van der Waals surface area contributed by atoms with Crippen molar-refractivity contribution >= 4 is 16.8 Å². The Labute approximate surface area is 174 Å². The van der Waals surface area contributed by atoms with Gasteiger partial charge in [-0.05, 0) is 68.8 Å². The number of aromatic amines is 1. The van der Waals surface area contributed by atoms with Crippen molar-refractivity contribution in [1.29, 1.82) is 0 Å². The minimum Gasteiger partial charge on any atom is -0.381 e. The molecule has 0 saturated carbocycles. The first-order valence-corrected chi connectivity index (χ1v) is 10.4. The average Bonchev–Trinajstić information content (AvgIpc) is 3.30. The summed E-state index contributed by atoms with van der Waals surface area (Å²) in [6, 6.07) is 5.97. The van der Waals surface area contributed by atoms with Crippen molar-refractivity contribution in [1.82, 2.24) is 15.2 Å². The van der Waals surface area contributed by atoms with E-state index in [0.717, 1.165) is 61.3 Å². The summed E-state index contributed by atoms with van der Waals surface area (Å²) in [5, 5.41) is 13.4. The number of benzene rings is 1. The van der Waals surface area contributed by atoms with Gasteiger partial charge in [0, 0.05) is 43.2 Å². The van der Waals surface area contributed by atoms with Crippen molar-refractivity contribution in [3.05, 3.63) is 35.5 Å². The minimum absolute atomic E-state index is 0.0344. The number of carbonyl (C=O) groups is 1. The van der Waals surface area contributed by atoms with Gasteiger partial charge in [0.05, 0.1) is 0 Å². The van der Waals surface area contributed by atoms with E-state index in [0.29, 0.717) is 12.5 Å². The van der Waals surface area contributed by atoms with Gasteiger partial charge < -0.3 is 15.4 Å². The van der Waals surface area contributed by atoms with Crippen molar-refractivity contribution in [3.8, 4) is 0 Å². The number of likely N-dealkylation sites (tertiary alicyclic amines) is 1. The van der Waals surface area contributed by atoms with Gasteiger partial charge in [0.25, 0.3) is 0 Å². The predicted molar refractivity (Wildman–Crippen MR) is 110 cm³/mol. The van der Waals surface area contributed by atoms with Crippen LogP contribution in [0.1, 0.15) is 43.7 Å². The molecule has 1 aliphatic heterocycles. The van der Waals surface area contributed by atoms with E-state index >= 15 is 0 Å². The molecule has 2 aromatic rings. The lowest BCUT2D eigenvalue weighted by molar-refractivity contribution is -0.254. The Bertz CT molecular complexity index is 876. The van der Waals surface area contributed by atoms with Gasteiger partial charge in [-0.2, -0.15) is 13.2 Å². The number of aryl methyl sites for hydroxylation is 1. The molecule has 0 radical (unpaired) electrons. The van der Waals surface area contributed by atoms with Gasteiger partial charge >= 0.3 is 6.18 Å². The number of hydrogen-bond donors (Lipinski definition) is 3. The molecule has 0 aliphatic carbocycles. The fraction of sp³-hybridized carbons (Fsp3) is 0.591. The third-order valence-corrected chi connectivity index (χ3v) is 6.20. The number of nitrogens with zero attached hydrogens (tertiary/aromatic N) is 1. The number of H-pyrrole nitrogens is 1. The number of amides is 1. The third-order valence-electron chi connectivity index (χ3n) is 6.20.